The van der Waals surface area contributed by atoms with Gasteiger partial charge in [0.2, 0.25) is 10.0 Å². The SMILES string of the molecule is CNS(=O)(=O)c1cc(NC(=O)c2sccc2-c2ccccc2)ccc1C. The standard InChI is InChI=1S/C19H18N2O3S2/c1-13-8-9-15(12-17(13)26(23,24)20-2)21-19(22)18-16(10-11-25-18)14-6-4-3-5-7-14/h3-12,20H,1-2H3,(H,21,22). The van der Waals surface area contributed by atoms with E-state index in [1.165, 1.54) is 24.5 Å². The Morgan fingerprint density at radius 2 is 1.77 bits per heavy atom. The lowest BCUT2D eigenvalue weighted by molar-refractivity contribution is 0.103. The summed E-state index contributed by atoms with van der Waals surface area (Å²) in [6.07, 6.45) is 0. The molecular formula is C19H18N2O3S2. The molecule has 5 nitrogen and oxygen atoms in total. The number of hydrogen-bond acceptors (Lipinski definition) is 4. The van der Waals surface area contributed by atoms with Crippen molar-refractivity contribution in [2.24, 2.45) is 0 Å². The van der Waals surface area contributed by atoms with E-state index in [1.54, 1.807) is 19.1 Å². The highest BCUT2D eigenvalue weighted by atomic mass is 32.2. The van der Waals surface area contributed by atoms with Crippen LogP contribution >= 0.6 is 11.3 Å². The minimum atomic E-state index is -3.59. The number of benzene rings is 2. The molecule has 7 heteroatoms. The van der Waals surface area contributed by atoms with Crippen molar-refractivity contribution < 1.29 is 13.2 Å². The highest BCUT2D eigenvalue weighted by molar-refractivity contribution is 7.89. The maximum atomic E-state index is 12.7. The average molecular weight is 386 g/mol. The molecule has 0 fully saturated rings. The first-order chi connectivity index (χ1) is 12.4. The average Bonchev–Trinajstić information content (AvgIpc) is 3.14. The summed E-state index contributed by atoms with van der Waals surface area (Å²) >= 11 is 1.35. The molecule has 3 rings (SSSR count). The van der Waals surface area contributed by atoms with E-state index in [1.807, 2.05) is 41.8 Å². The first kappa shape index (κ1) is 18.3. The number of anilines is 1. The van der Waals surface area contributed by atoms with Crippen LogP contribution in [0.5, 0.6) is 0 Å². The third-order valence-electron chi connectivity index (χ3n) is 3.96. The molecule has 0 atom stereocenters. The molecule has 1 amide bonds. The molecule has 0 saturated heterocycles. The second-order valence-corrected chi connectivity index (χ2v) is 8.44. The van der Waals surface area contributed by atoms with Crippen LogP contribution in [0.3, 0.4) is 0 Å². The summed E-state index contributed by atoms with van der Waals surface area (Å²) in [5.41, 5.74) is 2.85. The van der Waals surface area contributed by atoms with Gasteiger partial charge < -0.3 is 5.32 Å². The molecule has 2 N–H and O–H groups in total. The Morgan fingerprint density at radius 3 is 2.46 bits per heavy atom. The minimum absolute atomic E-state index is 0.146. The van der Waals surface area contributed by atoms with Crippen LogP contribution in [0.2, 0.25) is 0 Å². The van der Waals surface area contributed by atoms with Gasteiger partial charge in [-0.25, -0.2) is 13.1 Å². The molecule has 2 aromatic carbocycles. The van der Waals surface area contributed by atoms with Crippen LogP contribution in [0.1, 0.15) is 15.2 Å². The Bertz CT molecular complexity index is 1040. The van der Waals surface area contributed by atoms with Crippen molar-refractivity contribution >= 4 is 33.0 Å². The third kappa shape index (κ3) is 3.70. The van der Waals surface area contributed by atoms with Gasteiger partial charge in [0.05, 0.1) is 9.77 Å². The van der Waals surface area contributed by atoms with Gasteiger partial charge in [0.15, 0.2) is 0 Å². The molecule has 0 radical (unpaired) electrons. The molecule has 1 heterocycles. The molecule has 134 valence electrons. The van der Waals surface area contributed by atoms with Crippen molar-refractivity contribution in [1.82, 2.24) is 4.72 Å². The molecule has 26 heavy (non-hydrogen) atoms. The summed E-state index contributed by atoms with van der Waals surface area (Å²) < 4.78 is 26.5. The van der Waals surface area contributed by atoms with Crippen LogP contribution in [0.25, 0.3) is 11.1 Å². The zero-order valence-corrected chi connectivity index (χ0v) is 15.9. The molecule has 0 spiro atoms. The summed E-state index contributed by atoms with van der Waals surface area (Å²) in [5, 5.41) is 4.66. The Labute approximate surface area is 156 Å². The number of aryl methyl sites for hydroxylation is 1. The van der Waals surface area contributed by atoms with E-state index in [9.17, 15) is 13.2 Å². The van der Waals surface area contributed by atoms with Crippen LogP contribution in [0.15, 0.2) is 64.9 Å². The molecule has 0 unspecified atom stereocenters. The predicted molar refractivity (Wildman–Crippen MR) is 105 cm³/mol. The highest BCUT2D eigenvalue weighted by Crippen LogP contribution is 2.29. The quantitative estimate of drug-likeness (QED) is 0.699. The summed E-state index contributed by atoms with van der Waals surface area (Å²) in [4.78, 5) is 13.4. The number of nitrogens with one attached hydrogen (secondary N) is 2. The number of carbonyl (C=O) groups excluding carboxylic acids is 1. The van der Waals surface area contributed by atoms with E-state index < -0.39 is 10.0 Å². The smallest absolute Gasteiger partial charge is 0.266 e. The van der Waals surface area contributed by atoms with Crippen LogP contribution < -0.4 is 10.0 Å². The molecular weight excluding hydrogens is 368 g/mol. The molecule has 0 saturated carbocycles. The maximum Gasteiger partial charge on any atom is 0.266 e. The van der Waals surface area contributed by atoms with Gasteiger partial charge in [0, 0.05) is 11.3 Å². The minimum Gasteiger partial charge on any atom is -0.321 e. The molecule has 0 bridgehead atoms. The van der Waals surface area contributed by atoms with E-state index >= 15 is 0 Å². The van der Waals surface area contributed by atoms with Crippen LogP contribution in [-0.2, 0) is 10.0 Å². The largest absolute Gasteiger partial charge is 0.321 e. The summed E-state index contributed by atoms with van der Waals surface area (Å²) in [5.74, 6) is -0.268. The monoisotopic (exact) mass is 386 g/mol. The van der Waals surface area contributed by atoms with Gasteiger partial charge in [-0.2, -0.15) is 0 Å². The van der Waals surface area contributed by atoms with Crippen molar-refractivity contribution in [3.05, 3.63) is 70.4 Å². The molecule has 3 aromatic rings. The maximum absolute atomic E-state index is 12.7. The summed E-state index contributed by atoms with van der Waals surface area (Å²) in [6.45, 7) is 1.71. The molecule has 1 aromatic heterocycles. The zero-order valence-electron chi connectivity index (χ0n) is 14.3. The fourth-order valence-corrected chi connectivity index (χ4v) is 4.40. The van der Waals surface area contributed by atoms with E-state index in [0.29, 0.717) is 16.1 Å². The van der Waals surface area contributed by atoms with E-state index in [0.717, 1.165) is 11.1 Å². The number of rotatable bonds is 5. The van der Waals surface area contributed by atoms with Crippen molar-refractivity contribution in [3.63, 3.8) is 0 Å². The number of thiophene rings is 1. The molecule has 0 aliphatic carbocycles. The summed E-state index contributed by atoms with van der Waals surface area (Å²) in [7, 11) is -2.23. The second-order valence-electron chi connectivity index (χ2n) is 5.67. The number of amides is 1. The second kappa shape index (κ2) is 7.41. The normalized spacial score (nSPS) is 11.3. The predicted octanol–water partition coefficient (Wildman–Crippen LogP) is 3.88. The van der Waals surface area contributed by atoms with Crippen molar-refractivity contribution in [2.75, 3.05) is 12.4 Å². The fourth-order valence-electron chi connectivity index (χ4n) is 2.60. The van der Waals surface area contributed by atoms with Crippen LogP contribution in [-0.4, -0.2) is 21.4 Å². The van der Waals surface area contributed by atoms with Crippen LogP contribution in [0.4, 0.5) is 5.69 Å². The zero-order chi connectivity index (χ0) is 18.7. The Balaban J connectivity index is 1.91. The topological polar surface area (TPSA) is 75.3 Å². The van der Waals surface area contributed by atoms with Crippen molar-refractivity contribution in [1.29, 1.82) is 0 Å². The molecule has 0 aliphatic heterocycles. The van der Waals surface area contributed by atoms with Gasteiger partial charge in [0.25, 0.3) is 5.91 Å². The first-order valence-electron chi connectivity index (χ1n) is 7.91. The van der Waals surface area contributed by atoms with Gasteiger partial charge in [-0.15, -0.1) is 11.3 Å². The fraction of sp³-hybridized carbons (Fsp3) is 0.105. The van der Waals surface area contributed by atoms with Gasteiger partial charge in [-0.3, -0.25) is 4.79 Å². The third-order valence-corrected chi connectivity index (χ3v) is 6.43. The van der Waals surface area contributed by atoms with Gasteiger partial charge >= 0.3 is 0 Å². The number of sulfonamides is 1. The molecule has 0 aliphatic rings. The lowest BCUT2D eigenvalue weighted by Gasteiger charge is -2.11. The van der Waals surface area contributed by atoms with Crippen molar-refractivity contribution in [3.8, 4) is 11.1 Å². The number of carbonyl (C=O) groups is 1. The Morgan fingerprint density at radius 1 is 1.04 bits per heavy atom. The van der Waals surface area contributed by atoms with Gasteiger partial charge in [0.1, 0.15) is 0 Å². The Hall–Kier alpha value is -2.48. The van der Waals surface area contributed by atoms with E-state index in [4.69, 9.17) is 0 Å². The summed E-state index contributed by atoms with van der Waals surface area (Å²) in [6, 6.07) is 16.4. The Kier molecular flexibility index (Phi) is 5.22. The van der Waals surface area contributed by atoms with E-state index in [2.05, 4.69) is 10.0 Å². The lowest BCUT2D eigenvalue weighted by atomic mass is 10.1. The van der Waals surface area contributed by atoms with E-state index in [-0.39, 0.29) is 10.8 Å². The lowest BCUT2D eigenvalue weighted by Crippen LogP contribution is -2.20. The van der Waals surface area contributed by atoms with Gasteiger partial charge in [-0.05, 0) is 48.7 Å². The van der Waals surface area contributed by atoms with Crippen molar-refractivity contribution in [2.45, 2.75) is 11.8 Å². The highest BCUT2D eigenvalue weighted by Gasteiger charge is 2.18. The first-order valence-corrected chi connectivity index (χ1v) is 10.3. The van der Waals surface area contributed by atoms with Crippen LogP contribution in [0, 0.1) is 6.92 Å². The van der Waals surface area contributed by atoms with Gasteiger partial charge in [-0.1, -0.05) is 36.4 Å². The number of hydrogen-bond donors (Lipinski definition) is 2.